The van der Waals surface area contributed by atoms with E-state index in [0.717, 1.165) is 5.65 Å². The zero-order valence-electron chi connectivity index (χ0n) is 11.3. The first-order valence-electron chi connectivity index (χ1n) is 6.39. The molecule has 0 spiro atoms. The van der Waals surface area contributed by atoms with Gasteiger partial charge in [0.1, 0.15) is 11.5 Å². The lowest BCUT2D eigenvalue weighted by atomic mass is 10.2. The molecule has 0 unspecified atom stereocenters. The average Bonchev–Trinajstić information content (AvgIpc) is 2.91. The summed E-state index contributed by atoms with van der Waals surface area (Å²) in [6, 6.07) is 4.84. The predicted octanol–water partition coefficient (Wildman–Crippen LogP) is 0.656. The van der Waals surface area contributed by atoms with Crippen molar-refractivity contribution in [2.45, 2.75) is 13.5 Å². The van der Waals surface area contributed by atoms with Gasteiger partial charge in [-0.25, -0.2) is 9.97 Å². The second-order valence-corrected chi connectivity index (χ2v) is 4.62. The number of hydrogen-bond acceptors (Lipinski definition) is 4. The van der Waals surface area contributed by atoms with Gasteiger partial charge in [-0.15, -0.1) is 0 Å². The van der Waals surface area contributed by atoms with Crippen molar-refractivity contribution >= 4 is 11.6 Å². The topological polar surface area (TPSA) is 92.2 Å². The van der Waals surface area contributed by atoms with E-state index >= 15 is 0 Å². The Morgan fingerprint density at radius 1 is 1.43 bits per heavy atom. The maximum atomic E-state index is 12.1. The summed E-state index contributed by atoms with van der Waals surface area (Å²) in [4.78, 5) is 34.2. The van der Waals surface area contributed by atoms with Crippen molar-refractivity contribution in [2.75, 3.05) is 0 Å². The van der Waals surface area contributed by atoms with E-state index < -0.39 is 0 Å². The molecule has 0 fully saturated rings. The predicted molar refractivity (Wildman–Crippen MR) is 76.0 cm³/mol. The second-order valence-electron chi connectivity index (χ2n) is 4.62. The van der Waals surface area contributed by atoms with Crippen LogP contribution in [-0.2, 0) is 6.54 Å². The van der Waals surface area contributed by atoms with Crippen LogP contribution in [-0.4, -0.2) is 25.3 Å². The first kappa shape index (κ1) is 13.0. The third kappa shape index (κ3) is 2.81. The molecule has 3 aromatic heterocycles. The fourth-order valence-electron chi connectivity index (χ4n) is 2.06. The molecule has 2 N–H and O–H groups in total. The summed E-state index contributed by atoms with van der Waals surface area (Å²) in [5.41, 5.74) is 1.58. The summed E-state index contributed by atoms with van der Waals surface area (Å²) in [5, 5.41) is 2.74. The summed E-state index contributed by atoms with van der Waals surface area (Å²) < 4.78 is 1.77. The number of nitrogens with one attached hydrogen (secondary N) is 2. The number of aryl methyl sites for hydroxylation is 1. The van der Waals surface area contributed by atoms with Gasteiger partial charge in [-0.2, -0.15) is 0 Å². The molecule has 0 aliphatic heterocycles. The van der Waals surface area contributed by atoms with Crippen LogP contribution in [0.15, 0.2) is 41.6 Å². The number of nitrogens with zero attached hydrogens (tertiary/aromatic N) is 3. The normalized spacial score (nSPS) is 10.7. The molecular weight excluding hydrogens is 270 g/mol. The Balaban J connectivity index is 1.75. The summed E-state index contributed by atoms with van der Waals surface area (Å²) in [5.74, 6) is 0.289. The van der Waals surface area contributed by atoms with Crippen LogP contribution < -0.4 is 10.9 Å². The van der Waals surface area contributed by atoms with E-state index in [0.29, 0.717) is 17.1 Å². The number of hydrogen-bond donors (Lipinski definition) is 2. The van der Waals surface area contributed by atoms with Crippen LogP contribution >= 0.6 is 0 Å². The molecule has 1 amide bonds. The Kier molecular flexibility index (Phi) is 3.23. The number of H-pyrrole nitrogens is 1. The Hall–Kier alpha value is -2.96. The van der Waals surface area contributed by atoms with Gasteiger partial charge in [0, 0.05) is 24.7 Å². The van der Waals surface area contributed by atoms with Gasteiger partial charge in [-0.05, 0) is 19.1 Å². The molecule has 0 aromatic carbocycles. The monoisotopic (exact) mass is 283 g/mol. The van der Waals surface area contributed by atoms with E-state index in [4.69, 9.17) is 0 Å². The van der Waals surface area contributed by atoms with Gasteiger partial charge >= 0.3 is 0 Å². The Labute approximate surface area is 119 Å². The maximum Gasteiger partial charge on any atom is 0.253 e. The highest BCUT2D eigenvalue weighted by atomic mass is 16.1. The van der Waals surface area contributed by atoms with E-state index in [9.17, 15) is 9.59 Å². The largest absolute Gasteiger partial charge is 0.346 e. The molecule has 0 aliphatic carbocycles. The third-order valence-electron chi connectivity index (χ3n) is 2.99. The lowest BCUT2D eigenvalue weighted by molar-refractivity contribution is 0.0950. The minimum Gasteiger partial charge on any atom is -0.346 e. The van der Waals surface area contributed by atoms with Crippen molar-refractivity contribution in [3.05, 3.63) is 64.2 Å². The molecule has 7 nitrogen and oxygen atoms in total. The molecule has 3 aromatic rings. The van der Waals surface area contributed by atoms with Crippen LogP contribution in [0.4, 0.5) is 0 Å². The summed E-state index contributed by atoms with van der Waals surface area (Å²) in [6.45, 7) is 1.89. The standard InChI is InChI=1S/C14H13N5O2/c1-9-17-11(6-13(20)18-9)7-16-14(21)10-2-3-12-15-4-5-19(12)8-10/h2-6,8H,7H2,1H3,(H,16,21)(H,17,18,20). The molecule has 0 radical (unpaired) electrons. The highest BCUT2D eigenvalue weighted by Gasteiger charge is 2.07. The average molecular weight is 283 g/mol. The molecule has 0 saturated heterocycles. The molecule has 3 heterocycles. The molecule has 0 atom stereocenters. The Morgan fingerprint density at radius 2 is 2.29 bits per heavy atom. The number of aromatic nitrogens is 4. The quantitative estimate of drug-likeness (QED) is 0.738. The van der Waals surface area contributed by atoms with E-state index in [-0.39, 0.29) is 18.0 Å². The molecule has 0 aliphatic rings. The maximum absolute atomic E-state index is 12.1. The van der Waals surface area contributed by atoms with Crippen molar-refractivity contribution < 1.29 is 4.79 Å². The Morgan fingerprint density at radius 3 is 3.10 bits per heavy atom. The van der Waals surface area contributed by atoms with Crippen LogP contribution in [0.1, 0.15) is 21.9 Å². The van der Waals surface area contributed by atoms with E-state index in [1.165, 1.54) is 6.07 Å². The minimum absolute atomic E-state index is 0.200. The molecule has 21 heavy (non-hydrogen) atoms. The summed E-state index contributed by atoms with van der Waals surface area (Å²) in [6.07, 6.45) is 5.14. The van der Waals surface area contributed by atoms with Crippen molar-refractivity contribution in [3.8, 4) is 0 Å². The number of imidazole rings is 1. The summed E-state index contributed by atoms with van der Waals surface area (Å²) >= 11 is 0. The van der Waals surface area contributed by atoms with Gasteiger partial charge in [0.15, 0.2) is 0 Å². The van der Waals surface area contributed by atoms with Gasteiger partial charge in [0.05, 0.1) is 17.8 Å². The smallest absolute Gasteiger partial charge is 0.253 e. The van der Waals surface area contributed by atoms with E-state index in [2.05, 4.69) is 20.3 Å². The van der Waals surface area contributed by atoms with Gasteiger partial charge in [0.25, 0.3) is 11.5 Å². The number of carbonyl (C=O) groups is 1. The lowest BCUT2D eigenvalue weighted by Crippen LogP contribution is -2.25. The van der Waals surface area contributed by atoms with E-state index in [1.54, 1.807) is 42.0 Å². The van der Waals surface area contributed by atoms with Crippen LogP contribution in [0.2, 0.25) is 0 Å². The van der Waals surface area contributed by atoms with Crippen LogP contribution in [0.3, 0.4) is 0 Å². The SMILES string of the molecule is Cc1nc(CNC(=O)c2ccc3nccn3c2)cc(=O)[nH]1. The Bertz CT molecular complexity index is 865. The molecular formula is C14H13N5O2. The highest BCUT2D eigenvalue weighted by molar-refractivity contribution is 5.94. The first-order chi connectivity index (χ1) is 10.1. The fraction of sp³-hybridized carbons (Fsp3) is 0.143. The van der Waals surface area contributed by atoms with Crippen LogP contribution in [0.5, 0.6) is 0 Å². The fourth-order valence-corrected chi connectivity index (χ4v) is 2.06. The molecule has 0 bridgehead atoms. The molecule has 106 valence electrons. The number of rotatable bonds is 3. The molecule has 7 heteroatoms. The number of aromatic amines is 1. The zero-order valence-corrected chi connectivity index (χ0v) is 11.3. The van der Waals surface area contributed by atoms with E-state index in [1.807, 2.05) is 0 Å². The molecule has 3 rings (SSSR count). The van der Waals surface area contributed by atoms with Gasteiger partial charge in [-0.3, -0.25) is 9.59 Å². The lowest BCUT2D eigenvalue weighted by Gasteiger charge is -2.05. The highest BCUT2D eigenvalue weighted by Crippen LogP contribution is 2.05. The van der Waals surface area contributed by atoms with Gasteiger partial charge < -0.3 is 14.7 Å². The molecule has 0 saturated carbocycles. The number of pyridine rings is 1. The van der Waals surface area contributed by atoms with Crippen LogP contribution in [0.25, 0.3) is 5.65 Å². The number of carbonyl (C=O) groups excluding carboxylic acids is 1. The first-order valence-corrected chi connectivity index (χ1v) is 6.39. The van der Waals surface area contributed by atoms with Crippen molar-refractivity contribution in [2.24, 2.45) is 0 Å². The number of fused-ring (bicyclic) bond motifs is 1. The van der Waals surface area contributed by atoms with Crippen molar-refractivity contribution in [1.29, 1.82) is 0 Å². The van der Waals surface area contributed by atoms with Gasteiger partial charge in [0.2, 0.25) is 0 Å². The number of amides is 1. The van der Waals surface area contributed by atoms with Crippen molar-refractivity contribution in [1.82, 2.24) is 24.7 Å². The third-order valence-corrected chi connectivity index (χ3v) is 2.99. The second kappa shape index (κ2) is 5.20. The zero-order chi connectivity index (χ0) is 14.8. The summed E-state index contributed by atoms with van der Waals surface area (Å²) in [7, 11) is 0. The minimum atomic E-state index is -0.231. The van der Waals surface area contributed by atoms with Gasteiger partial charge in [-0.1, -0.05) is 0 Å². The van der Waals surface area contributed by atoms with Crippen LogP contribution in [0, 0.1) is 6.92 Å². The van der Waals surface area contributed by atoms with Crippen molar-refractivity contribution in [3.63, 3.8) is 0 Å².